The highest BCUT2D eigenvalue weighted by Gasteiger charge is 2.15. The first-order valence-corrected chi connectivity index (χ1v) is 9.89. The number of nitrogens with zero attached hydrogens (tertiary/aromatic N) is 2. The molecule has 31 heavy (non-hydrogen) atoms. The molecule has 0 aliphatic rings. The standard InChI is InChI=1S/C24H20ClN3O3/c1-30-18-7-5-16(6-8-18)21-13-27-24(26)28-23(21)20-10-9-19(12-22(20)29)31-14-15-3-2-4-17(25)11-15/h2-13,29H,14H2,1H3,(H2,26,27,28). The molecule has 0 saturated heterocycles. The van der Waals surface area contributed by atoms with Crippen LogP contribution in [-0.4, -0.2) is 22.2 Å². The molecule has 6 nitrogen and oxygen atoms in total. The van der Waals surface area contributed by atoms with E-state index in [1.54, 1.807) is 37.6 Å². The maximum Gasteiger partial charge on any atom is 0.220 e. The van der Waals surface area contributed by atoms with Crippen molar-refractivity contribution < 1.29 is 14.6 Å². The number of methoxy groups -OCH3 is 1. The van der Waals surface area contributed by atoms with Crippen LogP contribution in [0.1, 0.15) is 5.56 Å². The summed E-state index contributed by atoms with van der Waals surface area (Å²) in [6.07, 6.45) is 1.64. The molecule has 4 aromatic rings. The molecule has 7 heteroatoms. The minimum absolute atomic E-state index is 0.0245. The average Bonchev–Trinajstić information content (AvgIpc) is 2.78. The fraction of sp³-hybridized carbons (Fsp3) is 0.0833. The number of aromatic nitrogens is 2. The van der Waals surface area contributed by atoms with E-state index in [9.17, 15) is 5.11 Å². The van der Waals surface area contributed by atoms with Crippen LogP contribution < -0.4 is 15.2 Å². The molecule has 0 aliphatic heterocycles. The minimum Gasteiger partial charge on any atom is -0.507 e. The second-order valence-electron chi connectivity index (χ2n) is 6.82. The number of rotatable bonds is 6. The molecule has 0 saturated carbocycles. The van der Waals surface area contributed by atoms with Crippen LogP contribution in [0.2, 0.25) is 5.02 Å². The molecule has 0 unspecified atom stereocenters. The summed E-state index contributed by atoms with van der Waals surface area (Å²) in [6.45, 7) is 0.330. The van der Waals surface area contributed by atoms with Gasteiger partial charge >= 0.3 is 0 Å². The third-order valence-corrected chi connectivity index (χ3v) is 4.96. The van der Waals surface area contributed by atoms with Crippen molar-refractivity contribution in [1.82, 2.24) is 9.97 Å². The molecule has 0 amide bonds. The molecule has 0 atom stereocenters. The number of anilines is 1. The molecule has 1 aromatic heterocycles. The van der Waals surface area contributed by atoms with Crippen molar-refractivity contribution in [2.24, 2.45) is 0 Å². The molecule has 0 bridgehead atoms. The number of halogens is 1. The van der Waals surface area contributed by atoms with Crippen LogP contribution in [0.25, 0.3) is 22.4 Å². The van der Waals surface area contributed by atoms with Gasteiger partial charge in [0.2, 0.25) is 5.95 Å². The van der Waals surface area contributed by atoms with Crippen LogP contribution in [0.15, 0.2) is 72.9 Å². The first kappa shape index (κ1) is 20.5. The van der Waals surface area contributed by atoms with E-state index in [1.807, 2.05) is 42.5 Å². The molecular formula is C24H20ClN3O3. The number of benzene rings is 3. The Kier molecular flexibility index (Phi) is 5.91. The van der Waals surface area contributed by atoms with Gasteiger partial charge < -0.3 is 20.3 Å². The molecule has 0 spiro atoms. The Morgan fingerprint density at radius 1 is 0.968 bits per heavy atom. The van der Waals surface area contributed by atoms with Crippen LogP contribution in [0.4, 0.5) is 5.95 Å². The van der Waals surface area contributed by atoms with E-state index >= 15 is 0 Å². The fourth-order valence-corrected chi connectivity index (χ4v) is 3.39. The zero-order valence-corrected chi connectivity index (χ0v) is 17.5. The Bertz CT molecular complexity index is 1210. The van der Waals surface area contributed by atoms with Gasteiger partial charge in [-0.1, -0.05) is 35.9 Å². The second kappa shape index (κ2) is 8.93. The number of hydrogen-bond donors (Lipinski definition) is 2. The Morgan fingerprint density at radius 2 is 1.74 bits per heavy atom. The minimum atomic E-state index is 0.0245. The summed E-state index contributed by atoms with van der Waals surface area (Å²) in [6, 6.07) is 20.0. The summed E-state index contributed by atoms with van der Waals surface area (Å²) >= 11 is 6.01. The van der Waals surface area contributed by atoms with Gasteiger partial charge in [-0.05, 0) is 47.5 Å². The number of ether oxygens (including phenoxy) is 2. The highest BCUT2D eigenvalue weighted by atomic mass is 35.5. The number of nitrogen functional groups attached to an aromatic ring is 1. The molecule has 0 radical (unpaired) electrons. The smallest absolute Gasteiger partial charge is 0.220 e. The molecule has 3 N–H and O–H groups in total. The lowest BCUT2D eigenvalue weighted by Crippen LogP contribution is -1.99. The van der Waals surface area contributed by atoms with Gasteiger partial charge in [0.05, 0.1) is 12.8 Å². The third-order valence-electron chi connectivity index (χ3n) is 4.73. The van der Waals surface area contributed by atoms with Crippen molar-refractivity contribution in [3.63, 3.8) is 0 Å². The first-order valence-electron chi connectivity index (χ1n) is 9.51. The Hall–Kier alpha value is -3.77. The number of phenols is 1. The molecular weight excluding hydrogens is 414 g/mol. The Balaban J connectivity index is 1.64. The van der Waals surface area contributed by atoms with E-state index in [0.29, 0.717) is 28.6 Å². The number of aromatic hydroxyl groups is 1. The molecule has 0 fully saturated rings. The number of phenolic OH excluding ortho intramolecular Hbond substituents is 1. The van der Waals surface area contributed by atoms with Crippen LogP contribution in [0.5, 0.6) is 17.2 Å². The van der Waals surface area contributed by atoms with Crippen LogP contribution in [-0.2, 0) is 6.61 Å². The fourth-order valence-electron chi connectivity index (χ4n) is 3.18. The van der Waals surface area contributed by atoms with Crippen molar-refractivity contribution in [3.05, 3.63) is 83.5 Å². The van der Waals surface area contributed by atoms with Crippen molar-refractivity contribution in [1.29, 1.82) is 0 Å². The topological polar surface area (TPSA) is 90.5 Å². The maximum atomic E-state index is 10.7. The van der Waals surface area contributed by atoms with Crippen molar-refractivity contribution in [2.45, 2.75) is 6.61 Å². The van der Waals surface area contributed by atoms with Gasteiger partial charge in [0.25, 0.3) is 0 Å². The van der Waals surface area contributed by atoms with E-state index < -0.39 is 0 Å². The van der Waals surface area contributed by atoms with E-state index in [0.717, 1.165) is 22.4 Å². The summed E-state index contributed by atoms with van der Waals surface area (Å²) in [4.78, 5) is 8.50. The Morgan fingerprint density at radius 3 is 2.45 bits per heavy atom. The lowest BCUT2D eigenvalue weighted by molar-refractivity contribution is 0.304. The summed E-state index contributed by atoms with van der Waals surface area (Å²) in [5.74, 6) is 1.41. The monoisotopic (exact) mass is 433 g/mol. The highest BCUT2D eigenvalue weighted by molar-refractivity contribution is 6.30. The van der Waals surface area contributed by atoms with E-state index in [2.05, 4.69) is 9.97 Å². The van der Waals surface area contributed by atoms with Gasteiger partial charge in [0.1, 0.15) is 23.9 Å². The van der Waals surface area contributed by atoms with Gasteiger partial charge in [-0.2, -0.15) is 0 Å². The summed E-state index contributed by atoms with van der Waals surface area (Å²) in [5.41, 5.74) is 9.42. The molecule has 4 rings (SSSR count). The molecule has 0 aliphatic carbocycles. The van der Waals surface area contributed by atoms with Gasteiger partial charge in [0.15, 0.2) is 0 Å². The normalized spacial score (nSPS) is 10.6. The SMILES string of the molecule is COc1ccc(-c2cnc(N)nc2-c2ccc(OCc3cccc(Cl)c3)cc2O)cc1. The van der Waals surface area contributed by atoms with Gasteiger partial charge in [-0.15, -0.1) is 0 Å². The van der Waals surface area contributed by atoms with Crippen molar-refractivity contribution in [3.8, 4) is 39.6 Å². The highest BCUT2D eigenvalue weighted by Crippen LogP contribution is 2.37. The number of hydrogen-bond acceptors (Lipinski definition) is 6. The average molecular weight is 434 g/mol. The molecule has 3 aromatic carbocycles. The lowest BCUT2D eigenvalue weighted by Gasteiger charge is -2.13. The van der Waals surface area contributed by atoms with E-state index in [-0.39, 0.29) is 11.7 Å². The zero-order valence-electron chi connectivity index (χ0n) is 16.7. The number of nitrogens with two attached hydrogens (primary N) is 1. The Labute approximate surface area is 184 Å². The van der Waals surface area contributed by atoms with Crippen LogP contribution in [0, 0.1) is 0 Å². The summed E-state index contributed by atoms with van der Waals surface area (Å²) < 4.78 is 11.0. The molecule has 1 heterocycles. The van der Waals surface area contributed by atoms with Gasteiger partial charge in [0, 0.05) is 28.4 Å². The van der Waals surface area contributed by atoms with Gasteiger partial charge in [-0.3, -0.25) is 0 Å². The molecule has 156 valence electrons. The van der Waals surface area contributed by atoms with Crippen LogP contribution in [0.3, 0.4) is 0 Å². The predicted octanol–water partition coefficient (Wildman–Crippen LogP) is 5.34. The second-order valence-corrected chi connectivity index (χ2v) is 7.25. The zero-order chi connectivity index (χ0) is 21.8. The lowest BCUT2D eigenvalue weighted by atomic mass is 10.00. The first-order chi connectivity index (χ1) is 15.0. The third kappa shape index (κ3) is 4.70. The summed E-state index contributed by atoms with van der Waals surface area (Å²) in [7, 11) is 1.61. The maximum absolute atomic E-state index is 10.7. The largest absolute Gasteiger partial charge is 0.507 e. The summed E-state index contributed by atoms with van der Waals surface area (Å²) in [5, 5.41) is 11.4. The van der Waals surface area contributed by atoms with E-state index in [1.165, 1.54) is 0 Å². The van der Waals surface area contributed by atoms with E-state index in [4.69, 9.17) is 26.8 Å². The van der Waals surface area contributed by atoms with Crippen LogP contribution >= 0.6 is 11.6 Å². The van der Waals surface area contributed by atoms with Gasteiger partial charge in [-0.25, -0.2) is 9.97 Å². The van der Waals surface area contributed by atoms with Crippen molar-refractivity contribution >= 4 is 17.5 Å². The van der Waals surface area contributed by atoms with Crippen molar-refractivity contribution in [2.75, 3.05) is 12.8 Å². The quantitative estimate of drug-likeness (QED) is 0.426. The predicted molar refractivity (Wildman–Crippen MR) is 121 cm³/mol.